The van der Waals surface area contributed by atoms with Crippen molar-refractivity contribution in [3.05, 3.63) is 59.9 Å². The Hall–Kier alpha value is -3.22. The van der Waals surface area contributed by atoms with Crippen LogP contribution in [-0.4, -0.2) is 74.9 Å². The lowest BCUT2D eigenvalue weighted by molar-refractivity contribution is -0.130. The number of rotatable bonds is 8. The molecule has 0 unspecified atom stereocenters. The molecule has 1 saturated heterocycles. The number of pyridine rings is 1. The number of aromatic nitrogens is 3. The summed E-state index contributed by atoms with van der Waals surface area (Å²) in [7, 11) is -2.55. The molecular formula is C28H35N5O5S. The zero-order chi connectivity index (χ0) is 27.8. The van der Waals surface area contributed by atoms with Gasteiger partial charge in [0.05, 0.1) is 34.7 Å². The molecule has 2 aromatic carbocycles. The second-order valence-electron chi connectivity index (χ2n) is 10.7. The average molecular weight is 554 g/mol. The summed E-state index contributed by atoms with van der Waals surface area (Å²) in [6.45, 7) is 4.11. The van der Waals surface area contributed by atoms with Crippen LogP contribution in [0.2, 0.25) is 0 Å². The highest BCUT2D eigenvalue weighted by molar-refractivity contribution is 8.24. The van der Waals surface area contributed by atoms with Gasteiger partial charge in [0, 0.05) is 30.6 Å². The molecule has 0 bridgehead atoms. The molecule has 0 atom stereocenters. The van der Waals surface area contributed by atoms with Gasteiger partial charge < -0.3 is 25.0 Å². The Labute approximate surface area is 228 Å². The van der Waals surface area contributed by atoms with Gasteiger partial charge in [-0.1, -0.05) is 30.3 Å². The Morgan fingerprint density at radius 1 is 1.08 bits per heavy atom. The minimum Gasteiger partial charge on any atom is -0.389 e. The second-order valence-corrected chi connectivity index (χ2v) is 13.1. The van der Waals surface area contributed by atoms with Gasteiger partial charge in [-0.25, -0.2) is 9.97 Å². The van der Waals surface area contributed by atoms with Crippen molar-refractivity contribution < 1.29 is 24.1 Å². The lowest BCUT2D eigenvalue weighted by Gasteiger charge is -2.41. The zero-order valence-electron chi connectivity index (χ0n) is 22.2. The van der Waals surface area contributed by atoms with Gasteiger partial charge in [0.1, 0.15) is 17.9 Å². The minimum absolute atomic E-state index is 0.00400. The molecular weight excluding hydrogens is 518 g/mol. The van der Waals surface area contributed by atoms with Crippen LogP contribution in [0, 0.1) is 0 Å². The number of aliphatic hydroxyl groups excluding tert-OH is 1. The number of aryl methyl sites for hydroxylation is 1. The predicted octanol–water partition coefficient (Wildman–Crippen LogP) is 4.12. The molecule has 2 aromatic heterocycles. The maximum Gasteiger partial charge on any atom is 0.223 e. The summed E-state index contributed by atoms with van der Waals surface area (Å²) in [5, 5.41) is 24.9. The van der Waals surface area contributed by atoms with Gasteiger partial charge in [0.15, 0.2) is 5.82 Å². The molecule has 0 saturated carbocycles. The van der Waals surface area contributed by atoms with Crippen LogP contribution in [0.3, 0.4) is 0 Å². The summed E-state index contributed by atoms with van der Waals surface area (Å²) in [5.41, 5.74) is 2.82. The van der Waals surface area contributed by atoms with Crippen molar-refractivity contribution in [2.45, 2.75) is 45.4 Å². The molecule has 1 aliphatic rings. The highest BCUT2D eigenvalue weighted by Gasteiger charge is 2.26. The number of carbonyl (C=O) groups is 1. The van der Waals surface area contributed by atoms with Crippen LogP contribution in [0.15, 0.2) is 48.5 Å². The van der Waals surface area contributed by atoms with E-state index >= 15 is 0 Å². The lowest BCUT2D eigenvalue weighted by Crippen LogP contribution is -2.42. The predicted molar refractivity (Wildman–Crippen MR) is 154 cm³/mol. The molecule has 11 heteroatoms. The van der Waals surface area contributed by atoms with Crippen LogP contribution in [-0.2, 0) is 24.4 Å². The van der Waals surface area contributed by atoms with Crippen molar-refractivity contribution in [1.29, 1.82) is 0 Å². The maximum absolute atomic E-state index is 12.8. The highest BCUT2D eigenvalue weighted by atomic mass is 32.3. The summed E-state index contributed by atoms with van der Waals surface area (Å²) in [5.74, 6) is 1.44. The first kappa shape index (κ1) is 27.4. The molecule has 1 fully saturated rings. The molecule has 39 heavy (non-hydrogen) atoms. The van der Waals surface area contributed by atoms with E-state index in [2.05, 4.69) is 5.32 Å². The van der Waals surface area contributed by atoms with Crippen LogP contribution in [0.1, 0.15) is 31.7 Å². The average Bonchev–Trinajstić information content (AvgIpc) is 3.25. The first-order valence-electron chi connectivity index (χ1n) is 13.0. The largest absolute Gasteiger partial charge is 0.389 e. The monoisotopic (exact) mass is 553 g/mol. The number of hydrogen-bond donors (Lipinski definition) is 5. The Bertz CT molecular complexity index is 1490. The van der Waals surface area contributed by atoms with E-state index in [1.807, 2.05) is 53.1 Å². The van der Waals surface area contributed by atoms with Crippen LogP contribution >= 0.6 is 10.6 Å². The van der Waals surface area contributed by atoms with Crippen LogP contribution in [0.25, 0.3) is 21.9 Å². The quantitative estimate of drug-likeness (QED) is 0.219. The smallest absolute Gasteiger partial charge is 0.223 e. The normalized spacial score (nSPS) is 16.5. The van der Waals surface area contributed by atoms with E-state index in [0.29, 0.717) is 48.6 Å². The SMILES string of the molecule is CC(C)(O)Cn1c(CO)nc2c(Nc3ccccc3)nc3cc(CCC(=O)N4CCS(O)(O)CC4)ccc3c21. The van der Waals surface area contributed by atoms with Gasteiger partial charge in [-0.05, 0) is 44.0 Å². The number of amides is 1. The molecule has 5 N–H and O–H groups in total. The van der Waals surface area contributed by atoms with Crippen molar-refractivity contribution >= 4 is 49.9 Å². The molecule has 1 aliphatic heterocycles. The van der Waals surface area contributed by atoms with Crippen molar-refractivity contribution in [2.75, 3.05) is 29.9 Å². The molecule has 0 radical (unpaired) electrons. The van der Waals surface area contributed by atoms with E-state index in [-0.39, 0.29) is 30.6 Å². The number of anilines is 2. The summed E-state index contributed by atoms with van der Waals surface area (Å²) in [6.07, 6.45) is 0.834. The number of imidazole rings is 1. The summed E-state index contributed by atoms with van der Waals surface area (Å²) in [4.78, 5) is 24.1. The summed E-state index contributed by atoms with van der Waals surface area (Å²) < 4.78 is 21.5. The van der Waals surface area contributed by atoms with E-state index in [4.69, 9.17) is 9.97 Å². The number of aliphatic hydroxyl groups is 2. The van der Waals surface area contributed by atoms with Crippen molar-refractivity contribution in [3.8, 4) is 0 Å². The fourth-order valence-electron chi connectivity index (χ4n) is 4.94. The topological polar surface area (TPSA) is 144 Å². The number of para-hydroxylation sites is 1. The third-order valence-electron chi connectivity index (χ3n) is 6.90. The Morgan fingerprint density at radius 2 is 1.79 bits per heavy atom. The fraction of sp³-hybridized carbons (Fsp3) is 0.393. The van der Waals surface area contributed by atoms with Crippen molar-refractivity contribution in [3.63, 3.8) is 0 Å². The first-order chi connectivity index (χ1) is 18.5. The second kappa shape index (κ2) is 10.7. The first-order valence-corrected chi connectivity index (χ1v) is 14.9. The van der Waals surface area contributed by atoms with Crippen molar-refractivity contribution in [2.24, 2.45) is 0 Å². The highest BCUT2D eigenvalue weighted by Crippen LogP contribution is 2.40. The molecule has 3 heterocycles. The summed E-state index contributed by atoms with van der Waals surface area (Å²) in [6, 6.07) is 15.5. The number of carbonyl (C=O) groups excluding carboxylic acids is 1. The molecule has 10 nitrogen and oxygen atoms in total. The maximum atomic E-state index is 12.8. The van der Waals surface area contributed by atoms with E-state index in [1.165, 1.54) is 0 Å². The van der Waals surface area contributed by atoms with Gasteiger partial charge in [-0.15, -0.1) is 0 Å². The lowest BCUT2D eigenvalue weighted by atomic mass is 10.0. The molecule has 4 aromatic rings. The third-order valence-corrected chi connectivity index (χ3v) is 8.57. The number of fused-ring (bicyclic) bond motifs is 3. The number of nitrogens with one attached hydrogen (secondary N) is 1. The van der Waals surface area contributed by atoms with E-state index < -0.39 is 16.2 Å². The Balaban J connectivity index is 1.51. The van der Waals surface area contributed by atoms with Gasteiger partial charge in [0.2, 0.25) is 5.91 Å². The number of nitrogens with zero attached hydrogens (tertiary/aromatic N) is 4. The third kappa shape index (κ3) is 6.18. The molecule has 1 amide bonds. The molecule has 0 spiro atoms. The van der Waals surface area contributed by atoms with E-state index in [1.54, 1.807) is 18.7 Å². The zero-order valence-corrected chi connectivity index (χ0v) is 23.0. The standard InChI is InChI=1S/C28H35N5O5S/c1-28(2,36)18-33-23(17-34)31-25-26(33)21-10-8-19(9-11-24(35)32-12-14-39(37,38)15-13-32)16-22(21)30-27(25)29-20-6-4-3-5-7-20/h3-8,10,16,34,36-38H,9,11-15,17-18H2,1-2H3,(H,29,30). The molecule has 0 aliphatic carbocycles. The van der Waals surface area contributed by atoms with Crippen LogP contribution in [0.4, 0.5) is 11.5 Å². The minimum atomic E-state index is -2.55. The van der Waals surface area contributed by atoms with E-state index in [9.17, 15) is 24.1 Å². The van der Waals surface area contributed by atoms with Crippen molar-refractivity contribution in [1.82, 2.24) is 19.4 Å². The van der Waals surface area contributed by atoms with Gasteiger partial charge >= 0.3 is 0 Å². The van der Waals surface area contributed by atoms with Gasteiger partial charge in [-0.3, -0.25) is 13.9 Å². The van der Waals surface area contributed by atoms with Gasteiger partial charge in [-0.2, -0.15) is 10.6 Å². The summed E-state index contributed by atoms with van der Waals surface area (Å²) >= 11 is 0. The Morgan fingerprint density at radius 3 is 2.46 bits per heavy atom. The van der Waals surface area contributed by atoms with Gasteiger partial charge in [0.25, 0.3) is 0 Å². The number of benzene rings is 2. The number of hydrogen-bond acceptors (Lipinski definition) is 8. The van der Waals surface area contributed by atoms with Crippen LogP contribution in [0.5, 0.6) is 0 Å². The Kier molecular flexibility index (Phi) is 7.53. The van der Waals surface area contributed by atoms with Crippen LogP contribution < -0.4 is 5.32 Å². The molecule has 208 valence electrons. The fourth-order valence-corrected chi connectivity index (χ4v) is 6.17. The molecule has 5 rings (SSSR count). The van der Waals surface area contributed by atoms with E-state index in [0.717, 1.165) is 22.2 Å².